The van der Waals surface area contributed by atoms with Gasteiger partial charge in [0.25, 0.3) is 0 Å². The van der Waals surface area contributed by atoms with Crippen LogP contribution in [0.5, 0.6) is 11.5 Å². The molecule has 0 spiro atoms. The van der Waals surface area contributed by atoms with Crippen LogP contribution in [0.3, 0.4) is 0 Å². The van der Waals surface area contributed by atoms with Crippen LogP contribution in [0.4, 0.5) is 10.1 Å². The zero-order valence-corrected chi connectivity index (χ0v) is 25.5. The topological polar surface area (TPSA) is 70.1 Å². The number of allylic oxidation sites excluding steroid dienone is 1. The first-order chi connectivity index (χ1) is 20.0. The molecule has 8 heteroatoms. The van der Waals surface area contributed by atoms with Crippen LogP contribution in [0.25, 0.3) is 11.1 Å². The van der Waals surface area contributed by atoms with E-state index >= 15 is 4.39 Å². The molecule has 2 aliphatic heterocycles. The second-order valence-corrected chi connectivity index (χ2v) is 14.4. The van der Waals surface area contributed by atoms with Crippen molar-refractivity contribution in [2.75, 3.05) is 37.8 Å². The van der Waals surface area contributed by atoms with Crippen LogP contribution >= 0.6 is 0 Å². The Morgan fingerprint density at radius 1 is 1.07 bits per heavy atom. The number of sulfone groups is 1. The molecule has 0 amide bonds. The van der Waals surface area contributed by atoms with E-state index in [-0.39, 0.29) is 16.4 Å². The van der Waals surface area contributed by atoms with Gasteiger partial charge in [0.05, 0.1) is 10.5 Å². The Bertz CT molecular complexity index is 1630. The maximum absolute atomic E-state index is 15.5. The maximum Gasteiger partial charge on any atom is 0.176 e. The standard InChI is InChI=1S/C34H39FN2O4S/c1-21-16-17-37(19-21)22(2)20-36(3)26-12-10-24(11-13-26)34-31(25-6-5-7-27(18-25)42(4,39)40)30(23-8-9-23)32-29(41-34)15-14-28(38)33(32)35/h5-7,10-15,18,21-23,34,38H,8-9,16-17,19-20H2,1-4H3/t21-,22+,34?/m1/s1. The van der Waals surface area contributed by atoms with Gasteiger partial charge in [0.15, 0.2) is 21.4 Å². The number of ether oxygens (including phenoxy) is 1. The molecule has 3 aromatic rings. The van der Waals surface area contributed by atoms with E-state index in [1.807, 2.05) is 18.2 Å². The molecule has 3 atom stereocenters. The molecule has 0 bridgehead atoms. The first-order valence-electron chi connectivity index (χ1n) is 14.8. The summed E-state index contributed by atoms with van der Waals surface area (Å²) in [6.45, 7) is 7.80. The minimum absolute atomic E-state index is 0.100. The molecule has 2 heterocycles. The lowest BCUT2D eigenvalue weighted by molar-refractivity contribution is 0.254. The summed E-state index contributed by atoms with van der Waals surface area (Å²) in [5, 5.41) is 10.3. The number of hydrogen-bond donors (Lipinski definition) is 1. The molecule has 1 aliphatic carbocycles. The lowest BCUT2D eigenvalue weighted by Crippen LogP contribution is -2.39. The lowest BCUT2D eigenvalue weighted by Gasteiger charge is -2.33. The van der Waals surface area contributed by atoms with E-state index in [2.05, 4.69) is 42.8 Å². The van der Waals surface area contributed by atoms with Gasteiger partial charge in [0.2, 0.25) is 0 Å². The molecular weight excluding hydrogens is 551 g/mol. The number of halogens is 1. The van der Waals surface area contributed by atoms with Gasteiger partial charge in [-0.05, 0) is 97.7 Å². The second-order valence-electron chi connectivity index (χ2n) is 12.4. The van der Waals surface area contributed by atoms with E-state index in [9.17, 15) is 13.5 Å². The number of nitrogens with zero attached hydrogens (tertiary/aromatic N) is 2. The third-order valence-electron chi connectivity index (χ3n) is 8.96. The van der Waals surface area contributed by atoms with Gasteiger partial charge in [-0.1, -0.05) is 31.2 Å². The van der Waals surface area contributed by atoms with Crippen LogP contribution in [0.1, 0.15) is 55.9 Å². The molecule has 1 saturated carbocycles. The number of hydrogen-bond acceptors (Lipinski definition) is 6. The molecular formula is C34H39FN2O4S. The Labute approximate surface area is 248 Å². The van der Waals surface area contributed by atoms with E-state index in [0.29, 0.717) is 17.4 Å². The largest absolute Gasteiger partial charge is 0.505 e. The van der Waals surface area contributed by atoms with Crippen LogP contribution < -0.4 is 9.64 Å². The summed E-state index contributed by atoms with van der Waals surface area (Å²) in [6, 6.07) is 18.5. The Hall–Kier alpha value is -3.36. The number of likely N-dealkylation sites (N-methyl/N-ethyl adjacent to an activating group) is 1. The summed E-state index contributed by atoms with van der Waals surface area (Å²) in [5.74, 6) is 0.0981. The average molecular weight is 591 g/mol. The highest BCUT2D eigenvalue weighted by atomic mass is 32.2. The predicted molar refractivity (Wildman–Crippen MR) is 165 cm³/mol. The van der Waals surface area contributed by atoms with Crippen molar-refractivity contribution in [2.24, 2.45) is 11.8 Å². The quantitative estimate of drug-likeness (QED) is 0.321. The molecule has 1 unspecified atom stereocenters. The monoisotopic (exact) mass is 590 g/mol. The molecule has 2 fully saturated rings. The molecule has 6 nitrogen and oxygen atoms in total. The summed E-state index contributed by atoms with van der Waals surface area (Å²) >= 11 is 0. The zero-order valence-electron chi connectivity index (χ0n) is 24.7. The summed E-state index contributed by atoms with van der Waals surface area (Å²) in [5.41, 5.74) is 4.47. The highest BCUT2D eigenvalue weighted by Crippen LogP contribution is 2.56. The molecule has 3 aromatic carbocycles. The number of aromatic hydroxyl groups is 1. The Morgan fingerprint density at radius 2 is 1.81 bits per heavy atom. The van der Waals surface area contributed by atoms with Crippen molar-refractivity contribution in [3.8, 4) is 11.5 Å². The highest BCUT2D eigenvalue weighted by Gasteiger charge is 2.40. The van der Waals surface area contributed by atoms with Crippen LogP contribution in [-0.4, -0.2) is 57.4 Å². The number of likely N-dealkylation sites (tertiary alicyclic amines) is 1. The number of fused-ring (bicyclic) bond motifs is 1. The Kier molecular flexibility index (Phi) is 7.56. The first-order valence-corrected chi connectivity index (χ1v) is 16.7. The van der Waals surface area contributed by atoms with E-state index in [0.717, 1.165) is 60.8 Å². The van der Waals surface area contributed by atoms with Gasteiger partial charge in [-0.25, -0.2) is 12.8 Å². The first kappa shape index (κ1) is 28.7. The molecule has 0 aromatic heterocycles. The van der Waals surface area contributed by atoms with Gasteiger partial charge in [0.1, 0.15) is 11.9 Å². The van der Waals surface area contributed by atoms with E-state index in [1.54, 1.807) is 24.3 Å². The van der Waals surface area contributed by atoms with E-state index in [1.165, 1.54) is 18.7 Å². The smallest absolute Gasteiger partial charge is 0.176 e. The van der Waals surface area contributed by atoms with Crippen LogP contribution in [0, 0.1) is 17.7 Å². The van der Waals surface area contributed by atoms with Crippen LogP contribution in [0.15, 0.2) is 65.6 Å². The Balaban J connectivity index is 1.40. The number of benzene rings is 3. The van der Waals surface area contributed by atoms with Gasteiger partial charge in [0, 0.05) is 43.7 Å². The highest BCUT2D eigenvalue weighted by molar-refractivity contribution is 7.90. The SMILES string of the molecule is C[C@@H]1CCN([C@@H](C)CN(C)c2ccc(C3Oc4ccc(O)c(F)c4C(C4CC4)=C3c3cccc(S(C)(=O)=O)c3)cc2)C1. The normalized spacial score (nSPS) is 21.6. The summed E-state index contributed by atoms with van der Waals surface area (Å²) in [4.78, 5) is 5.03. The van der Waals surface area contributed by atoms with Gasteiger partial charge < -0.3 is 14.7 Å². The molecule has 1 saturated heterocycles. The van der Waals surface area contributed by atoms with Crippen molar-refractivity contribution < 1.29 is 22.7 Å². The number of rotatable bonds is 8. The summed E-state index contributed by atoms with van der Waals surface area (Å²) in [6.07, 6.45) is 3.65. The fraction of sp³-hybridized carbons (Fsp3) is 0.412. The van der Waals surface area contributed by atoms with Gasteiger partial charge in [-0.3, -0.25) is 4.90 Å². The number of anilines is 1. The van der Waals surface area contributed by atoms with Crippen LogP contribution in [-0.2, 0) is 9.84 Å². The van der Waals surface area contributed by atoms with Crippen LogP contribution in [0.2, 0.25) is 0 Å². The zero-order chi connectivity index (χ0) is 29.8. The average Bonchev–Trinajstić information content (AvgIpc) is 3.72. The predicted octanol–water partition coefficient (Wildman–Crippen LogP) is 6.56. The number of phenols is 1. The fourth-order valence-electron chi connectivity index (χ4n) is 6.48. The van der Waals surface area contributed by atoms with Gasteiger partial charge in [-0.15, -0.1) is 0 Å². The summed E-state index contributed by atoms with van der Waals surface area (Å²) in [7, 11) is -1.35. The van der Waals surface area contributed by atoms with Crippen molar-refractivity contribution in [3.05, 3.63) is 83.2 Å². The van der Waals surface area contributed by atoms with Crippen molar-refractivity contribution >= 4 is 26.7 Å². The summed E-state index contributed by atoms with van der Waals surface area (Å²) < 4.78 is 47.0. The third kappa shape index (κ3) is 5.54. The molecule has 1 N–H and O–H groups in total. The second kappa shape index (κ2) is 11.0. The molecule has 6 rings (SSSR count). The van der Waals surface area contributed by atoms with Gasteiger partial charge in [-0.2, -0.15) is 0 Å². The molecule has 222 valence electrons. The van der Waals surface area contributed by atoms with E-state index in [4.69, 9.17) is 4.74 Å². The third-order valence-corrected chi connectivity index (χ3v) is 10.1. The van der Waals surface area contributed by atoms with Crippen molar-refractivity contribution in [1.29, 1.82) is 0 Å². The van der Waals surface area contributed by atoms with Crippen molar-refractivity contribution in [2.45, 2.75) is 50.2 Å². The van der Waals surface area contributed by atoms with Crippen molar-refractivity contribution in [3.63, 3.8) is 0 Å². The maximum atomic E-state index is 15.5. The van der Waals surface area contributed by atoms with E-state index < -0.39 is 27.5 Å². The minimum Gasteiger partial charge on any atom is -0.505 e. The molecule has 42 heavy (non-hydrogen) atoms. The Morgan fingerprint density at radius 3 is 2.45 bits per heavy atom. The van der Waals surface area contributed by atoms with Crippen molar-refractivity contribution in [1.82, 2.24) is 4.90 Å². The molecule has 0 radical (unpaired) electrons. The lowest BCUT2D eigenvalue weighted by atomic mass is 9.83. The minimum atomic E-state index is -3.46. The van der Waals surface area contributed by atoms with Gasteiger partial charge >= 0.3 is 0 Å². The fourth-order valence-corrected chi connectivity index (χ4v) is 7.15. The molecule has 3 aliphatic rings. The number of phenolic OH excluding ortho intramolecular Hbond substituents is 1.